The number of hydrogen-bond acceptors (Lipinski definition) is 7. The maximum absolute atomic E-state index is 12.9. The predicted octanol–water partition coefficient (Wildman–Crippen LogP) is 5.46. The van der Waals surface area contributed by atoms with Gasteiger partial charge in [-0.25, -0.2) is 15.0 Å². The molecule has 1 aliphatic carbocycles. The fourth-order valence-corrected chi connectivity index (χ4v) is 5.49. The molecule has 180 valence electrons. The van der Waals surface area contributed by atoms with Crippen molar-refractivity contribution < 1.29 is 28.2 Å². The van der Waals surface area contributed by atoms with Gasteiger partial charge in [0, 0.05) is 18.1 Å². The summed E-state index contributed by atoms with van der Waals surface area (Å²) in [5.74, 6) is -1.57. The van der Waals surface area contributed by atoms with Crippen LogP contribution in [0.25, 0.3) is 10.4 Å². The van der Waals surface area contributed by atoms with Crippen molar-refractivity contribution in [1.82, 2.24) is 15.0 Å². The summed E-state index contributed by atoms with van der Waals surface area (Å²) < 4.78 is 38.7. The van der Waals surface area contributed by atoms with E-state index in [1.807, 2.05) is 19.9 Å². The second-order valence-corrected chi connectivity index (χ2v) is 10.2. The molecule has 0 amide bonds. The third-order valence-corrected chi connectivity index (χ3v) is 7.33. The highest BCUT2D eigenvalue weighted by molar-refractivity contribution is 7.15. The van der Waals surface area contributed by atoms with Crippen LogP contribution in [-0.2, 0) is 16.6 Å². The molecular formula is C23H23F3N4O3S. The lowest BCUT2D eigenvalue weighted by atomic mass is 9.63. The molecule has 11 heteroatoms. The molecule has 2 heterocycles. The molecule has 4 rings (SSSR count). The van der Waals surface area contributed by atoms with E-state index in [9.17, 15) is 28.2 Å². The Bertz CT molecular complexity index is 1210. The number of nitrogens with one attached hydrogen (secondary N) is 1. The number of carboxylic acid groups (broad SMARTS) is 1. The van der Waals surface area contributed by atoms with Crippen LogP contribution < -0.4 is 5.32 Å². The first-order valence-corrected chi connectivity index (χ1v) is 11.4. The van der Waals surface area contributed by atoms with Crippen LogP contribution in [0.4, 0.5) is 24.8 Å². The van der Waals surface area contributed by atoms with Crippen molar-refractivity contribution in [2.75, 3.05) is 5.32 Å². The smallest absolute Gasteiger partial charge is 0.433 e. The van der Waals surface area contributed by atoms with Gasteiger partial charge in [0.2, 0.25) is 5.95 Å². The summed E-state index contributed by atoms with van der Waals surface area (Å²) in [6, 6.07) is 7.77. The van der Waals surface area contributed by atoms with Crippen molar-refractivity contribution >= 4 is 28.9 Å². The van der Waals surface area contributed by atoms with Gasteiger partial charge in [-0.15, -0.1) is 11.3 Å². The summed E-state index contributed by atoms with van der Waals surface area (Å²) >= 11 is 1.31. The number of anilines is 2. The number of alkyl halides is 3. The average molecular weight is 493 g/mol. The van der Waals surface area contributed by atoms with Gasteiger partial charge in [0.05, 0.1) is 10.8 Å². The molecule has 0 radical (unpaired) electrons. The minimum absolute atomic E-state index is 0.177. The first-order valence-electron chi connectivity index (χ1n) is 10.6. The van der Waals surface area contributed by atoms with E-state index in [0.29, 0.717) is 23.5 Å². The van der Waals surface area contributed by atoms with Gasteiger partial charge in [-0.1, -0.05) is 26.0 Å². The number of rotatable bonds is 5. The van der Waals surface area contributed by atoms with Crippen LogP contribution in [0.1, 0.15) is 43.8 Å². The number of carbonyl (C=O) groups is 1. The lowest BCUT2D eigenvalue weighted by Crippen LogP contribution is -2.44. The van der Waals surface area contributed by atoms with Crippen LogP contribution in [0.15, 0.2) is 42.7 Å². The Morgan fingerprint density at radius 3 is 2.68 bits per heavy atom. The lowest BCUT2D eigenvalue weighted by molar-refractivity contribution is -0.154. The van der Waals surface area contributed by atoms with Crippen molar-refractivity contribution in [2.45, 2.75) is 44.9 Å². The van der Waals surface area contributed by atoms with Crippen LogP contribution in [-0.4, -0.2) is 31.1 Å². The van der Waals surface area contributed by atoms with E-state index in [0.717, 1.165) is 22.7 Å². The van der Waals surface area contributed by atoms with Gasteiger partial charge >= 0.3 is 12.1 Å². The molecule has 0 spiro atoms. The summed E-state index contributed by atoms with van der Waals surface area (Å²) in [6.45, 7) is 3.69. The number of benzene rings is 1. The predicted molar refractivity (Wildman–Crippen MR) is 121 cm³/mol. The Balaban J connectivity index is 1.55. The van der Waals surface area contributed by atoms with E-state index < -0.39 is 34.8 Å². The van der Waals surface area contributed by atoms with Crippen LogP contribution in [0.3, 0.4) is 0 Å². The van der Waals surface area contributed by atoms with Crippen LogP contribution in [0, 0.1) is 11.3 Å². The van der Waals surface area contributed by atoms with E-state index in [1.165, 1.54) is 11.3 Å². The van der Waals surface area contributed by atoms with E-state index >= 15 is 0 Å². The Labute approximate surface area is 197 Å². The third kappa shape index (κ3) is 4.90. The molecule has 1 saturated carbocycles. The van der Waals surface area contributed by atoms with Crippen molar-refractivity contribution in [3.63, 3.8) is 0 Å². The standard InChI is InChI=1S/C23H23F3N4O3S/c1-21(2)12-22(33,8-6-15(21)18(31)32)19-28-11-16(34-19)13-4-3-5-14(10-13)29-20-27-9-7-17(30-20)23(24,25)26/h3-5,7,9-11,15,33H,6,8,12H2,1-2H3,(H,31,32)(H,27,29,30)/t15-,22-/m1/s1. The molecule has 1 fully saturated rings. The number of aliphatic carboxylic acids is 1. The van der Waals surface area contributed by atoms with E-state index in [2.05, 4.69) is 20.3 Å². The molecule has 3 aromatic rings. The SMILES string of the molecule is CC1(C)C[C@@](O)(c2ncc(-c3cccc(Nc4nccc(C(F)(F)F)n4)c3)s2)CC[C@@H]1C(=O)O. The zero-order valence-corrected chi connectivity index (χ0v) is 19.2. The van der Waals surface area contributed by atoms with E-state index in [-0.39, 0.29) is 12.4 Å². The molecule has 3 N–H and O–H groups in total. The lowest BCUT2D eigenvalue weighted by Gasteiger charge is -2.44. The summed E-state index contributed by atoms with van der Waals surface area (Å²) in [5, 5.41) is 24.1. The maximum atomic E-state index is 12.9. The van der Waals surface area contributed by atoms with Gasteiger partial charge in [-0.05, 0) is 48.4 Å². The van der Waals surface area contributed by atoms with Gasteiger partial charge in [0.15, 0.2) is 0 Å². The fourth-order valence-electron chi connectivity index (χ4n) is 4.46. The third-order valence-electron chi connectivity index (χ3n) is 6.09. The number of halogens is 3. The Kier molecular flexibility index (Phi) is 6.11. The summed E-state index contributed by atoms with van der Waals surface area (Å²) in [6.07, 6.45) is -0.969. The molecule has 0 unspecified atom stereocenters. The van der Waals surface area contributed by atoms with E-state index in [1.54, 1.807) is 24.4 Å². The first-order chi connectivity index (χ1) is 15.9. The largest absolute Gasteiger partial charge is 0.481 e. The number of carboxylic acids is 1. The summed E-state index contributed by atoms with van der Waals surface area (Å²) in [7, 11) is 0. The first kappa shape index (κ1) is 24.1. The molecule has 2 atom stereocenters. The van der Waals surface area contributed by atoms with Crippen LogP contribution in [0.2, 0.25) is 0 Å². The summed E-state index contributed by atoms with van der Waals surface area (Å²) in [5.41, 5.74) is -1.61. The van der Waals surface area contributed by atoms with Gasteiger partial charge in [0.1, 0.15) is 16.3 Å². The minimum Gasteiger partial charge on any atom is -0.481 e. The maximum Gasteiger partial charge on any atom is 0.433 e. The Morgan fingerprint density at radius 2 is 2.00 bits per heavy atom. The normalized spacial score (nSPS) is 22.4. The van der Waals surface area contributed by atoms with Crippen LogP contribution in [0.5, 0.6) is 0 Å². The molecule has 1 aliphatic rings. The minimum atomic E-state index is -4.57. The molecule has 1 aromatic carbocycles. The summed E-state index contributed by atoms with van der Waals surface area (Å²) in [4.78, 5) is 24.1. The molecule has 0 aliphatic heterocycles. The Morgan fingerprint density at radius 1 is 1.24 bits per heavy atom. The zero-order chi connectivity index (χ0) is 24.7. The molecule has 2 aromatic heterocycles. The number of aromatic nitrogens is 3. The molecule has 0 saturated heterocycles. The molecule has 7 nitrogen and oxygen atoms in total. The fraction of sp³-hybridized carbons (Fsp3) is 0.391. The topological polar surface area (TPSA) is 108 Å². The highest BCUT2D eigenvalue weighted by atomic mass is 32.1. The van der Waals surface area contributed by atoms with Gasteiger partial charge in [-0.3, -0.25) is 4.79 Å². The number of hydrogen-bond donors (Lipinski definition) is 3. The molecular weight excluding hydrogens is 469 g/mol. The quantitative estimate of drug-likeness (QED) is 0.434. The Hall–Kier alpha value is -3.05. The number of thiazole rings is 1. The average Bonchev–Trinajstić information content (AvgIpc) is 3.24. The highest BCUT2D eigenvalue weighted by Gasteiger charge is 2.49. The van der Waals surface area contributed by atoms with Crippen LogP contribution >= 0.6 is 11.3 Å². The van der Waals surface area contributed by atoms with Crippen molar-refractivity contribution in [1.29, 1.82) is 0 Å². The second-order valence-electron chi connectivity index (χ2n) is 9.13. The number of nitrogens with zero attached hydrogens (tertiary/aromatic N) is 3. The molecule has 0 bridgehead atoms. The van der Waals surface area contributed by atoms with Crippen molar-refractivity contribution in [2.24, 2.45) is 11.3 Å². The second kappa shape index (κ2) is 8.62. The zero-order valence-electron chi connectivity index (χ0n) is 18.4. The van der Waals surface area contributed by atoms with Gasteiger partial charge in [-0.2, -0.15) is 13.2 Å². The molecule has 34 heavy (non-hydrogen) atoms. The highest BCUT2D eigenvalue weighted by Crippen LogP contribution is 2.50. The van der Waals surface area contributed by atoms with E-state index in [4.69, 9.17) is 0 Å². The van der Waals surface area contributed by atoms with Gasteiger partial charge < -0.3 is 15.5 Å². The number of aliphatic hydroxyl groups is 1. The van der Waals surface area contributed by atoms with Crippen molar-refractivity contribution in [3.05, 3.63) is 53.4 Å². The monoisotopic (exact) mass is 492 g/mol. The van der Waals surface area contributed by atoms with Crippen molar-refractivity contribution in [3.8, 4) is 10.4 Å². The van der Waals surface area contributed by atoms with Gasteiger partial charge in [0.25, 0.3) is 0 Å².